The van der Waals surface area contributed by atoms with E-state index in [-0.39, 0.29) is 11.9 Å². The third kappa shape index (κ3) is 4.41. The van der Waals surface area contributed by atoms with E-state index in [2.05, 4.69) is 18.7 Å². The molecule has 2 aliphatic rings. The highest BCUT2D eigenvalue weighted by atomic mass is 16.5. The van der Waals surface area contributed by atoms with Gasteiger partial charge in [0.1, 0.15) is 0 Å². The molecule has 0 saturated carbocycles. The van der Waals surface area contributed by atoms with Gasteiger partial charge in [0.05, 0.1) is 6.04 Å². The van der Waals surface area contributed by atoms with Crippen LogP contribution in [0.2, 0.25) is 0 Å². The maximum absolute atomic E-state index is 12.6. The third-order valence-electron chi connectivity index (χ3n) is 5.07. The maximum atomic E-state index is 12.6. The summed E-state index contributed by atoms with van der Waals surface area (Å²) in [5, 5.41) is 0. The second-order valence-electron chi connectivity index (χ2n) is 6.40. The van der Waals surface area contributed by atoms with Crippen LogP contribution < -0.4 is 5.73 Å². The first-order valence-corrected chi connectivity index (χ1v) is 8.50. The van der Waals surface area contributed by atoms with Gasteiger partial charge in [0, 0.05) is 32.8 Å². The SMILES string of the molecule is CCN(CC)CC1CCN(C(=O)C(N)C2CCOCC2)C1. The molecule has 21 heavy (non-hydrogen) atoms. The Kier molecular flexibility index (Phi) is 6.45. The smallest absolute Gasteiger partial charge is 0.239 e. The summed E-state index contributed by atoms with van der Waals surface area (Å²) in [6, 6.07) is -0.332. The predicted octanol–water partition coefficient (Wildman–Crippen LogP) is 0.931. The van der Waals surface area contributed by atoms with Crippen LogP contribution in [0.15, 0.2) is 0 Å². The Labute approximate surface area is 128 Å². The van der Waals surface area contributed by atoms with Crippen LogP contribution in [-0.4, -0.2) is 67.7 Å². The fourth-order valence-corrected chi connectivity index (χ4v) is 3.52. The first kappa shape index (κ1) is 16.7. The highest BCUT2D eigenvalue weighted by Gasteiger charge is 2.33. The number of hydrogen-bond acceptors (Lipinski definition) is 4. The minimum Gasteiger partial charge on any atom is -0.381 e. The van der Waals surface area contributed by atoms with Crippen molar-refractivity contribution in [3.63, 3.8) is 0 Å². The van der Waals surface area contributed by atoms with Gasteiger partial charge >= 0.3 is 0 Å². The quantitative estimate of drug-likeness (QED) is 0.792. The Morgan fingerprint density at radius 1 is 1.29 bits per heavy atom. The van der Waals surface area contributed by atoms with Crippen molar-refractivity contribution in [2.75, 3.05) is 45.9 Å². The van der Waals surface area contributed by atoms with Crippen LogP contribution in [0.4, 0.5) is 0 Å². The van der Waals surface area contributed by atoms with Crippen LogP contribution >= 0.6 is 0 Å². The number of ether oxygens (including phenoxy) is 1. The summed E-state index contributed by atoms with van der Waals surface area (Å²) in [7, 11) is 0. The molecule has 0 aliphatic carbocycles. The van der Waals surface area contributed by atoms with Crippen LogP contribution in [-0.2, 0) is 9.53 Å². The lowest BCUT2D eigenvalue weighted by atomic mass is 9.91. The molecular formula is C16H31N3O2. The van der Waals surface area contributed by atoms with Crippen molar-refractivity contribution in [3.8, 4) is 0 Å². The van der Waals surface area contributed by atoms with Crippen molar-refractivity contribution in [2.45, 2.75) is 39.2 Å². The summed E-state index contributed by atoms with van der Waals surface area (Å²) in [5.74, 6) is 1.06. The molecule has 2 heterocycles. The molecule has 0 bridgehead atoms. The topological polar surface area (TPSA) is 58.8 Å². The van der Waals surface area contributed by atoms with Gasteiger partial charge in [0.25, 0.3) is 0 Å². The van der Waals surface area contributed by atoms with Crippen LogP contribution in [0.25, 0.3) is 0 Å². The van der Waals surface area contributed by atoms with Crippen molar-refractivity contribution in [1.82, 2.24) is 9.80 Å². The van der Waals surface area contributed by atoms with E-state index in [1.165, 1.54) is 0 Å². The summed E-state index contributed by atoms with van der Waals surface area (Å²) in [6.07, 6.45) is 2.95. The fourth-order valence-electron chi connectivity index (χ4n) is 3.52. The van der Waals surface area contributed by atoms with Crippen molar-refractivity contribution in [3.05, 3.63) is 0 Å². The molecule has 122 valence electrons. The van der Waals surface area contributed by atoms with E-state index in [1.807, 2.05) is 4.90 Å². The molecule has 2 saturated heterocycles. The number of hydrogen-bond donors (Lipinski definition) is 1. The zero-order valence-corrected chi connectivity index (χ0v) is 13.6. The van der Waals surface area contributed by atoms with E-state index in [1.54, 1.807) is 0 Å². The average Bonchev–Trinajstić information content (AvgIpc) is 3.00. The number of nitrogens with two attached hydrogens (primary N) is 1. The molecule has 2 unspecified atom stereocenters. The van der Waals surface area contributed by atoms with Crippen LogP contribution in [0.3, 0.4) is 0 Å². The molecule has 0 aromatic carbocycles. The molecule has 0 aromatic heterocycles. The summed E-state index contributed by atoms with van der Waals surface area (Å²) in [6.45, 7) is 10.9. The molecule has 5 heteroatoms. The Morgan fingerprint density at radius 3 is 2.57 bits per heavy atom. The maximum Gasteiger partial charge on any atom is 0.239 e. The van der Waals surface area contributed by atoms with E-state index in [9.17, 15) is 4.79 Å². The molecule has 2 rings (SSSR count). The normalized spacial score (nSPS) is 25.5. The largest absolute Gasteiger partial charge is 0.381 e. The van der Waals surface area contributed by atoms with E-state index in [4.69, 9.17) is 10.5 Å². The van der Waals surface area contributed by atoms with Crippen LogP contribution in [0, 0.1) is 11.8 Å². The molecule has 2 aliphatic heterocycles. The van der Waals surface area contributed by atoms with Crippen molar-refractivity contribution >= 4 is 5.91 Å². The average molecular weight is 297 g/mol. The van der Waals surface area contributed by atoms with Gasteiger partial charge in [0.2, 0.25) is 5.91 Å². The second kappa shape index (κ2) is 8.11. The molecule has 5 nitrogen and oxygen atoms in total. The number of likely N-dealkylation sites (tertiary alicyclic amines) is 1. The van der Waals surface area contributed by atoms with Crippen LogP contribution in [0.5, 0.6) is 0 Å². The van der Waals surface area contributed by atoms with Crippen molar-refractivity contribution < 1.29 is 9.53 Å². The van der Waals surface area contributed by atoms with E-state index in [0.29, 0.717) is 11.8 Å². The summed E-state index contributed by atoms with van der Waals surface area (Å²) in [5.41, 5.74) is 6.21. The monoisotopic (exact) mass is 297 g/mol. The number of nitrogens with zero attached hydrogens (tertiary/aromatic N) is 2. The number of carbonyl (C=O) groups is 1. The Hall–Kier alpha value is -0.650. The molecule has 0 aromatic rings. The van der Waals surface area contributed by atoms with E-state index >= 15 is 0 Å². The van der Waals surface area contributed by atoms with Crippen molar-refractivity contribution in [1.29, 1.82) is 0 Å². The third-order valence-corrected chi connectivity index (χ3v) is 5.07. The minimum absolute atomic E-state index is 0.156. The lowest BCUT2D eigenvalue weighted by Gasteiger charge is -2.30. The van der Waals surface area contributed by atoms with Gasteiger partial charge in [-0.2, -0.15) is 0 Å². The number of rotatable bonds is 6. The number of carbonyl (C=O) groups excluding carboxylic acids is 1. The van der Waals surface area contributed by atoms with Crippen LogP contribution in [0.1, 0.15) is 33.1 Å². The van der Waals surface area contributed by atoms with Gasteiger partial charge < -0.3 is 20.3 Å². The van der Waals surface area contributed by atoms with Gasteiger partial charge in [-0.15, -0.1) is 0 Å². The second-order valence-corrected chi connectivity index (χ2v) is 6.40. The molecule has 2 atom stereocenters. The first-order valence-electron chi connectivity index (χ1n) is 8.50. The molecule has 0 radical (unpaired) electrons. The zero-order chi connectivity index (χ0) is 15.2. The zero-order valence-electron chi connectivity index (χ0n) is 13.6. The molecule has 2 fully saturated rings. The molecule has 2 N–H and O–H groups in total. The Balaban J connectivity index is 1.81. The standard InChI is InChI=1S/C16H31N3O2/c1-3-18(4-2)11-13-5-8-19(12-13)16(20)15(17)14-6-9-21-10-7-14/h13-15H,3-12,17H2,1-2H3. The van der Waals surface area contributed by atoms with Gasteiger partial charge in [-0.3, -0.25) is 4.79 Å². The minimum atomic E-state index is -0.332. The van der Waals surface area contributed by atoms with Gasteiger partial charge in [-0.05, 0) is 44.2 Å². The van der Waals surface area contributed by atoms with Crippen molar-refractivity contribution in [2.24, 2.45) is 17.6 Å². The fraction of sp³-hybridized carbons (Fsp3) is 0.938. The summed E-state index contributed by atoms with van der Waals surface area (Å²) >= 11 is 0. The molecular weight excluding hydrogens is 266 g/mol. The summed E-state index contributed by atoms with van der Waals surface area (Å²) < 4.78 is 5.35. The van der Waals surface area contributed by atoms with Gasteiger partial charge in [-0.1, -0.05) is 13.8 Å². The van der Waals surface area contributed by atoms with Gasteiger partial charge in [-0.25, -0.2) is 0 Å². The molecule has 0 spiro atoms. The highest BCUT2D eigenvalue weighted by molar-refractivity contribution is 5.82. The number of amides is 1. The lowest BCUT2D eigenvalue weighted by molar-refractivity contribution is -0.133. The summed E-state index contributed by atoms with van der Waals surface area (Å²) in [4.78, 5) is 17.0. The van der Waals surface area contributed by atoms with E-state index < -0.39 is 0 Å². The first-order chi connectivity index (χ1) is 10.2. The lowest BCUT2D eigenvalue weighted by Crippen LogP contribution is -2.48. The predicted molar refractivity (Wildman–Crippen MR) is 84.0 cm³/mol. The van der Waals surface area contributed by atoms with E-state index in [0.717, 1.165) is 65.2 Å². The highest BCUT2D eigenvalue weighted by Crippen LogP contribution is 2.23. The van der Waals surface area contributed by atoms with Gasteiger partial charge in [0.15, 0.2) is 0 Å². The Morgan fingerprint density at radius 2 is 1.95 bits per heavy atom. The molecule has 1 amide bonds. The Bertz CT molecular complexity index is 327.